The van der Waals surface area contributed by atoms with Crippen LogP contribution in [0.15, 0.2) is 71.8 Å². The lowest BCUT2D eigenvalue weighted by Crippen LogP contribution is -2.28. The SMILES string of the molecule is COc1ccc(-c2cc(CN3CN(c4ccc(SC(F)(F)F)cc4)CC3C)ccn2)cc1. The van der Waals surface area contributed by atoms with E-state index in [-0.39, 0.29) is 16.7 Å². The van der Waals surface area contributed by atoms with Crippen molar-refractivity contribution in [3.63, 3.8) is 0 Å². The number of aromatic nitrogens is 1. The second kappa shape index (κ2) is 9.42. The van der Waals surface area contributed by atoms with Crippen LogP contribution in [0.25, 0.3) is 11.3 Å². The number of pyridine rings is 1. The minimum atomic E-state index is -4.27. The lowest BCUT2D eigenvalue weighted by molar-refractivity contribution is -0.0328. The largest absolute Gasteiger partial charge is 0.497 e. The number of rotatable bonds is 6. The van der Waals surface area contributed by atoms with Crippen molar-refractivity contribution in [2.24, 2.45) is 0 Å². The highest BCUT2D eigenvalue weighted by Crippen LogP contribution is 2.37. The maximum atomic E-state index is 12.6. The highest BCUT2D eigenvalue weighted by molar-refractivity contribution is 8.00. The van der Waals surface area contributed by atoms with E-state index in [9.17, 15) is 13.2 Å². The smallest absolute Gasteiger partial charge is 0.446 e. The zero-order valence-electron chi connectivity index (χ0n) is 17.8. The molecule has 0 spiro atoms. The van der Waals surface area contributed by atoms with Crippen molar-refractivity contribution >= 4 is 17.4 Å². The topological polar surface area (TPSA) is 28.6 Å². The van der Waals surface area contributed by atoms with Gasteiger partial charge < -0.3 is 9.64 Å². The normalized spacial score (nSPS) is 17.0. The average molecular weight is 460 g/mol. The van der Waals surface area contributed by atoms with Gasteiger partial charge in [0.1, 0.15) is 5.75 Å². The third-order valence-electron chi connectivity index (χ3n) is 5.49. The van der Waals surface area contributed by atoms with E-state index in [1.54, 1.807) is 19.2 Å². The fourth-order valence-corrected chi connectivity index (χ4v) is 4.37. The molecule has 4 rings (SSSR count). The molecule has 1 unspecified atom stereocenters. The van der Waals surface area contributed by atoms with E-state index in [4.69, 9.17) is 4.74 Å². The van der Waals surface area contributed by atoms with Crippen LogP contribution in [0.3, 0.4) is 0 Å². The summed E-state index contributed by atoms with van der Waals surface area (Å²) in [5.41, 5.74) is -0.237. The molecule has 1 fully saturated rings. The van der Waals surface area contributed by atoms with Gasteiger partial charge in [-0.1, -0.05) is 0 Å². The van der Waals surface area contributed by atoms with Crippen molar-refractivity contribution in [2.45, 2.75) is 29.9 Å². The molecule has 2 aromatic carbocycles. The van der Waals surface area contributed by atoms with E-state index in [0.29, 0.717) is 12.7 Å². The Kier molecular flexibility index (Phi) is 6.62. The zero-order chi connectivity index (χ0) is 22.7. The third kappa shape index (κ3) is 5.55. The molecule has 0 bridgehead atoms. The predicted molar refractivity (Wildman–Crippen MR) is 122 cm³/mol. The van der Waals surface area contributed by atoms with Crippen LogP contribution in [0.2, 0.25) is 0 Å². The van der Waals surface area contributed by atoms with Crippen LogP contribution in [0.1, 0.15) is 12.5 Å². The molecule has 0 amide bonds. The summed E-state index contributed by atoms with van der Waals surface area (Å²) < 4.78 is 42.9. The number of hydrogen-bond donors (Lipinski definition) is 0. The summed E-state index contributed by atoms with van der Waals surface area (Å²) in [6.07, 6.45) is 1.82. The highest BCUT2D eigenvalue weighted by atomic mass is 32.2. The predicted octanol–water partition coefficient (Wildman–Crippen LogP) is 6.04. The van der Waals surface area contributed by atoms with Crippen molar-refractivity contribution in [1.29, 1.82) is 0 Å². The second-order valence-electron chi connectivity index (χ2n) is 7.78. The molecule has 1 aliphatic heterocycles. The number of halogens is 3. The first-order valence-corrected chi connectivity index (χ1v) is 11.1. The van der Waals surface area contributed by atoms with Gasteiger partial charge in [-0.15, -0.1) is 0 Å². The Bertz CT molecular complexity index is 1040. The summed E-state index contributed by atoms with van der Waals surface area (Å²) in [7, 11) is 1.64. The van der Waals surface area contributed by atoms with Crippen LogP contribution in [0, 0.1) is 0 Å². The number of benzene rings is 2. The minimum Gasteiger partial charge on any atom is -0.497 e. The number of ether oxygens (including phenoxy) is 1. The number of nitrogens with zero attached hydrogens (tertiary/aromatic N) is 3. The molecule has 8 heteroatoms. The van der Waals surface area contributed by atoms with E-state index < -0.39 is 5.51 Å². The Morgan fingerprint density at radius 3 is 2.44 bits per heavy atom. The van der Waals surface area contributed by atoms with Crippen molar-refractivity contribution in [2.75, 3.05) is 25.2 Å². The van der Waals surface area contributed by atoms with Crippen molar-refractivity contribution in [1.82, 2.24) is 9.88 Å². The van der Waals surface area contributed by atoms with Crippen molar-refractivity contribution < 1.29 is 17.9 Å². The summed E-state index contributed by atoms with van der Waals surface area (Å²) in [5, 5.41) is 0. The van der Waals surface area contributed by atoms with Gasteiger partial charge in [0.05, 0.1) is 19.5 Å². The molecule has 1 aliphatic rings. The fraction of sp³-hybridized carbons (Fsp3) is 0.292. The second-order valence-corrected chi connectivity index (χ2v) is 8.92. The van der Waals surface area contributed by atoms with Crippen LogP contribution in [0.5, 0.6) is 5.75 Å². The first-order chi connectivity index (χ1) is 15.3. The number of thioether (sulfide) groups is 1. The maximum Gasteiger partial charge on any atom is 0.446 e. The summed E-state index contributed by atoms with van der Waals surface area (Å²) >= 11 is -0.0855. The summed E-state index contributed by atoms with van der Waals surface area (Å²) in [5.74, 6) is 0.806. The van der Waals surface area contributed by atoms with Crippen LogP contribution >= 0.6 is 11.8 Å². The van der Waals surface area contributed by atoms with Gasteiger partial charge in [-0.3, -0.25) is 9.88 Å². The summed E-state index contributed by atoms with van der Waals surface area (Å²) in [4.78, 5) is 9.25. The Morgan fingerprint density at radius 1 is 1.06 bits per heavy atom. The third-order valence-corrected chi connectivity index (χ3v) is 6.23. The molecule has 4 nitrogen and oxygen atoms in total. The van der Waals surface area contributed by atoms with Crippen LogP contribution in [0.4, 0.5) is 18.9 Å². The van der Waals surface area contributed by atoms with Gasteiger partial charge in [0.2, 0.25) is 0 Å². The number of methoxy groups -OCH3 is 1. The molecule has 168 valence electrons. The number of hydrogen-bond acceptors (Lipinski definition) is 5. The Balaban J connectivity index is 1.42. The van der Waals surface area contributed by atoms with Crippen molar-refractivity contribution in [3.05, 3.63) is 72.4 Å². The number of anilines is 1. The van der Waals surface area contributed by atoms with Gasteiger partial charge in [0, 0.05) is 41.5 Å². The molecule has 1 atom stereocenters. The average Bonchev–Trinajstić information content (AvgIpc) is 3.13. The molecule has 0 aliphatic carbocycles. The minimum absolute atomic E-state index is 0.0855. The molecule has 1 saturated heterocycles. The van der Waals surface area contributed by atoms with E-state index in [1.807, 2.05) is 36.5 Å². The molecule has 0 radical (unpaired) electrons. The molecular formula is C24H24F3N3OS. The lowest BCUT2D eigenvalue weighted by Gasteiger charge is -2.21. The molecular weight excluding hydrogens is 435 g/mol. The summed E-state index contributed by atoms with van der Waals surface area (Å²) in [6.45, 7) is 4.47. The van der Waals surface area contributed by atoms with Crippen molar-refractivity contribution in [3.8, 4) is 17.0 Å². The first-order valence-electron chi connectivity index (χ1n) is 10.2. The Hall–Kier alpha value is -2.71. The Morgan fingerprint density at radius 2 is 1.78 bits per heavy atom. The summed E-state index contributed by atoms with van der Waals surface area (Å²) in [6, 6.07) is 18.8. The quantitative estimate of drug-likeness (QED) is 0.419. The zero-order valence-corrected chi connectivity index (χ0v) is 18.7. The van der Waals surface area contributed by atoms with Gasteiger partial charge in [-0.05, 0) is 84.9 Å². The van der Waals surface area contributed by atoms with Gasteiger partial charge in [0.25, 0.3) is 0 Å². The monoisotopic (exact) mass is 459 g/mol. The first kappa shape index (κ1) is 22.5. The Labute approximate surface area is 190 Å². The molecule has 1 aromatic heterocycles. The van der Waals surface area contributed by atoms with Crippen LogP contribution in [-0.2, 0) is 6.54 Å². The van der Waals surface area contributed by atoms with Crippen LogP contribution in [-0.4, -0.2) is 41.8 Å². The molecule has 0 N–H and O–H groups in total. The number of alkyl halides is 3. The van der Waals surface area contributed by atoms with Gasteiger partial charge in [0.15, 0.2) is 0 Å². The van der Waals surface area contributed by atoms with Crippen LogP contribution < -0.4 is 9.64 Å². The van der Waals surface area contributed by atoms with E-state index in [1.165, 1.54) is 12.1 Å². The standard InChI is InChI=1S/C24H24F3N3OS/c1-17-14-30(20-5-9-22(10-6-20)32-24(25,26)27)16-29(17)15-18-11-12-28-23(13-18)19-3-7-21(31-2)8-4-19/h3-13,17H,14-16H2,1-2H3. The van der Waals surface area contributed by atoms with Gasteiger partial charge in [-0.25, -0.2) is 0 Å². The van der Waals surface area contributed by atoms with Gasteiger partial charge >= 0.3 is 5.51 Å². The maximum absolute atomic E-state index is 12.6. The van der Waals surface area contributed by atoms with E-state index >= 15 is 0 Å². The molecule has 0 saturated carbocycles. The van der Waals surface area contributed by atoms with Gasteiger partial charge in [-0.2, -0.15) is 13.2 Å². The molecule has 2 heterocycles. The molecule has 3 aromatic rings. The highest BCUT2D eigenvalue weighted by Gasteiger charge is 2.30. The lowest BCUT2D eigenvalue weighted by atomic mass is 10.1. The molecule has 32 heavy (non-hydrogen) atoms. The van der Waals surface area contributed by atoms with E-state index in [2.05, 4.69) is 27.8 Å². The fourth-order valence-electron chi connectivity index (χ4n) is 3.83. The van der Waals surface area contributed by atoms with E-state index in [0.717, 1.165) is 41.3 Å².